The fraction of sp³-hybridized carbons (Fsp3) is 0.467. The minimum atomic E-state index is -0.584. The largest absolute Gasteiger partial charge is 0.489 e. The molecule has 1 heterocycles. The number of carbonyl (C=O) groups is 2. The maximum Gasteiger partial charge on any atom is 0.246 e. The zero-order chi connectivity index (χ0) is 26.1. The van der Waals surface area contributed by atoms with Gasteiger partial charge in [0.15, 0.2) is 0 Å². The van der Waals surface area contributed by atoms with Crippen molar-refractivity contribution in [2.45, 2.75) is 65.6 Å². The molecule has 6 nitrogen and oxygen atoms in total. The van der Waals surface area contributed by atoms with Crippen LogP contribution in [0.2, 0.25) is 0 Å². The number of hydrogen-bond acceptors (Lipinski definition) is 4. The lowest BCUT2D eigenvalue weighted by atomic mass is 10.0. The summed E-state index contributed by atoms with van der Waals surface area (Å²) < 4.78 is 12.2. The molecular weight excluding hydrogens is 452 g/mol. The smallest absolute Gasteiger partial charge is 0.246 e. The lowest BCUT2D eigenvalue weighted by Gasteiger charge is -2.30. The van der Waals surface area contributed by atoms with Gasteiger partial charge in [-0.1, -0.05) is 77.1 Å². The molecule has 1 fully saturated rings. The van der Waals surface area contributed by atoms with Gasteiger partial charge in [-0.15, -0.1) is 0 Å². The van der Waals surface area contributed by atoms with Crippen LogP contribution in [0.4, 0.5) is 0 Å². The molecule has 0 saturated carbocycles. The molecule has 3 atom stereocenters. The van der Waals surface area contributed by atoms with E-state index in [1.54, 1.807) is 0 Å². The van der Waals surface area contributed by atoms with Crippen molar-refractivity contribution in [1.29, 1.82) is 0 Å². The Labute approximate surface area is 215 Å². The summed E-state index contributed by atoms with van der Waals surface area (Å²) >= 11 is 0. The number of amides is 2. The highest BCUT2D eigenvalue weighted by atomic mass is 16.5. The third kappa shape index (κ3) is 7.36. The van der Waals surface area contributed by atoms with Gasteiger partial charge in [0.2, 0.25) is 11.8 Å². The normalized spacial score (nSPS) is 18.6. The molecule has 3 rings (SSSR count). The van der Waals surface area contributed by atoms with Crippen LogP contribution in [0.25, 0.3) is 0 Å². The molecule has 1 aliphatic rings. The standard InChI is InChI=1S/C30H40N2O4/c1-6-23-13-10-11-17-27(23)35-18-12-14-24-19-26(36-25-15-8-7-9-16-25)20-32(24)30(34)28(21(2)3)31-29(33)22(4)5/h7-17,21-22,24,26,28H,6,18-20H2,1-5H3,(H,31,33)/b14-12+/t24-,26+,28+/m1/s1. The van der Waals surface area contributed by atoms with Gasteiger partial charge in [0, 0.05) is 12.3 Å². The van der Waals surface area contributed by atoms with Gasteiger partial charge in [-0.2, -0.15) is 0 Å². The molecule has 2 aromatic rings. The van der Waals surface area contributed by atoms with E-state index in [1.807, 2.05) is 93.3 Å². The Kier molecular flexibility index (Phi) is 9.97. The minimum Gasteiger partial charge on any atom is -0.489 e. The van der Waals surface area contributed by atoms with E-state index in [-0.39, 0.29) is 35.8 Å². The molecule has 1 saturated heterocycles. The second kappa shape index (κ2) is 13.1. The van der Waals surface area contributed by atoms with Gasteiger partial charge >= 0.3 is 0 Å². The summed E-state index contributed by atoms with van der Waals surface area (Å²) in [6, 6.07) is 17.0. The number of carbonyl (C=O) groups excluding carboxylic acids is 2. The molecule has 0 aliphatic carbocycles. The third-order valence-corrected chi connectivity index (χ3v) is 6.44. The summed E-state index contributed by atoms with van der Waals surface area (Å²) in [6.45, 7) is 10.6. The number of para-hydroxylation sites is 2. The van der Waals surface area contributed by atoms with E-state index >= 15 is 0 Å². The summed E-state index contributed by atoms with van der Waals surface area (Å²) in [4.78, 5) is 27.9. The van der Waals surface area contributed by atoms with Gasteiger partial charge < -0.3 is 19.7 Å². The fourth-order valence-electron chi connectivity index (χ4n) is 4.34. The molecule has 0 spiro atoms. The SMILES string of the molecule is CCc1ccccc1OC/C=C/[C@@H]1C[C@H](Oc2ccccc2)CN1C(=O)[C@@H](NC(=O)C(C)C)C(C)C. The molecule has 1 aliphatic heterocycles. The number of aryl methyl sites for hydroxylation is 1. The van der Waals surface area contributed by atoms with Crippen molar-refractivity contribution in [1.82, 2.24) is 10.2 Å². The Morgan fingerprint density at radius 3 is 2.42 bits per heavy atom. The van der Waals surface area contributed by atoms with E-state index in [4.69, 9.17) is 9.47 Å². The van der Waals surface area contributed by atoms with Crippen LogP contribution >= 0.6 is 0 Å². The molecule has 6 heteroatoms. The Hall–Kier alpha value is -3.28. The molecule has 0 bridgehead atoms. The first-order valence-corrected chi connectivity index (χ1v) is 13.0. The van der Waals surface area contributed by atoms with Gasteiger partial charge in [-0.05, 0) is 42.2 Å². The predicted octanol–water partition coefficient (Wildman–Crippen LogP) is 5.03. The first kappa shape index (κ1) is 27.3. The molecule has 2 amide bonds. The zero-order valence-electron chi connectivity index (χ0n) is 22.1. The van der Waals surface area contributed by atoms with Gasteiger partial charge in [-0.3, -0.25) is 9.59 Å². The molecular formula is C30H40N2O4. The Balaban J connectivity index is 1.74. The van der Waals surface area contributed by atoms with Crippen molar-refractivity contribution >= 4 is 11.8 Å². The highest BCUT2D eigenvalue weighted by molar-refractivity contribution is 5.89. The predicted molar refractivity (Wildman–Crippen MR) is 143 cm³/mol. The van der Waals surface area contributed by atoms with Crippen LogP contribution in [-0.4, -0.2) is 48.1 Å². The van der Waals surface area contributed by atoms with Crippen LogP contribution in [0.5, 0.6) is 11.5 Å². The minimum absolute atomic E-state index is 0.0344. The number of nitrogens with one attached hydrogen (secondary N) is 1. The van der Waals surface area contributed by atoms with Crippen molar-refractivity contribution < 1.29 is 19.1 Å². The monoisotopic (exact) mass is 492 g/mol. The summed E-state index contributed by atoms with van der Waals surface area (Å²) in [7, 11) is 0. The number of ether oxygens (including phenoxy) is 2. The second-order valence-electron chi connectivity index (χ2n) is 9.93. The van der Waals surface area contributed by atoms with Crippen molar-refractivity contribution in [2.75, 3.05) is 13.2 Å². The maximum absolute atomic E-state index is 13.7. The van der Waals surface area contributed by atoms with Gasteiger partial charge in [0.05, 0.1) is 12.6 Å². The van der Waals surface area contributed by atoms with Crippen molar-refractivity contribution in [3.63, 3.8) is 0 Å². The van der Waals surface area contributed by atoms with E-state index in [0.717, 1.165) is 17.9 Å². The van der Waals surface area contributed by atoms with Crippen LogP contribution in [0.15, 0.2) is 66.7 Å². The van der Waals surface area contributed by atoms with Crippen molar-refractivity contribution in [3.05, 3.63) is 72.3 Å². The van der Waals surface area contributed by atoms with E-state index in [1.165, 1.54) is 5.56 Å². The lowest BCUT2D eigenvalue weighted by molar-refractivity contribution is -0.138. The van der Waals surface area contributed by atoms with E-state index in [9.17, 15) is 9.59 Å². The number of rotatable bonds is 11. The average molecular weight is 493 g/mol. The van der Waals surface area contributed by atoms with Crippen molar-refractivity contribution in [2.24, 2.45) is 11.8 Å². The molecule has 0 unspecified atom stereocenters. The Bertz CT molecular complexity index is 1020. The first-order chi connectivity index (χ1) is 17.3. The first-order valence-electron chi connectivity index (χ1n) is 13.0. The highest BCUT2D eigenvalue weighted by Gasteiger charge is 2.39. The van der Waals surface area contributed by atoms with Gasteiger partial charge in [0.25, 0.3) is 0 Å². The molecule has 0 radical (unpaired) electrons. The van der Waals surface area contributed by atoms with E-state index in [2.05, 4.69) is 18.3 Å². The molecule has 2 aromatic carbocycles. The molecule has 1 N–H and O–H groups in total. The Morgan fingerprint density at radius 1 is 1.06 bits per heavy atom. The summed E-state index contributed by atoms with van der Waals surface area (Å²) in [5.74, 6) is 1.25. The van der Waals surface area contributed by atoms with Crippen LogP contribution in [0.1, 0.15) is 46.6 Å². The van der Waals surface area contributed by atoms with Crippen LogP contribution in [-0.2, 0) is 16.0 Å². The van der Waals surface area contributed by atoms with E-state index in [0.29, 0.717) is 19.6 Å². The fourth-order valence-corrected chi connectivity index (χ4v) is 4.34. The van der Waals surface area contributed by atoms with Crippen LogP contribution < -0.4 is 14.8 Å². The number of likely N-dealkylation sites (tertiary alicyclic amines) is 1. The molecule has 0 aromatic heterocycles. The van der Waals surface area contributed by atoms with Crippen molar-refractivity contribution in [3.8, 4) is 11.5 Å². The third-order valence-electron chi connectivity index (χ3n) is 6.44. The van der Waals surface area contributed by atoms with Crippen LogP contribution in [0.3, 0.4) is 0 Å². The van der Waals surface area contributed by atoms with Gasteiger partial charge in [0.1, 0.15) is 30.3 Å². The van der Waals surface area contributed by atoms with Crippen LogP contribution in [0, 0.1) is 11.8 Å². The zero-order valence-corrected chi connectivity index (χ0v) is 22.1. The summed E-state index contributed by atoms with van der Waals surface area (Å²) in [5.41, 5.74) is 1.17. The number of hydrogen-bond donors (Lipinski definition) is 1. The van der Waals surface area contributed by atoms with Gasteiger partial charge in [-0.25, -0.2) is 0 Å². The molecule has 36 heavy (non-hydrogen) atoms. The quantitative estimate of drug-likeness (QED) is 0.447. The Morgan fingerprint density at radius 2 is 1.75 bits per heavy atom. The topological polar surface area (TPSA) is 67.9 Å². The van der Waals surface area contributed by atoms with E-state index < -0.39 is 6.04 Å². The lowest BCUT2D eigenvalue weighted by Crippen LogP contribution is -2.53. The maximum atomic E-state index is 13.7. The highest BCUT2D eigenvalue weighted by Crippen LogP contribution is 2.26. The second-order valence-corrected chi connectivity index (χ2v) is 9.93. The number of nitrogens with zero attached hydrogens (tertiary/aromatic N) is 1. The summed E-state index contributed by atoms with van der Waals surface area (Å²) in [5, 5.41) is 2.96. The summed E-state index contributed by atoms with van der Waals surface area (Å²) in [6.07, 6.45) is 5.44. The number of benzene rings is 2. The average Bonchev–Trinajstić information content (AvgIpc) is 3.27. The molecule has 194 valence electrons.